The molecule has 1 fully saturated rings. The highest BCUT2D eigenvalue weighted by Gasteiger charge is 2.41. The largest absolute Gasteiger partial charge is 0.573 e. The number of alkyl halides is 3. The Balaban J connectivity index is 1.93. The molecular formula is C17H21F3N2O4. The van der Waals surface area contributed by atoms with Gasteiger partial charge in [0.05, 0.1) is 5.54 Å². The van der Waals surface area contributed by atoms with Crippen molar-refractivity contribution in [3.05, 3.63) is 24.3 Å². The van der Waals surface area contributed by atoms with E-state index in [9.17, 15) is 22.8 Å². The molecule has 2 rings (SSSR count). The second-order valence-electron chi connectivity index (χ2n) is 6.58. The molecule has 0 spiro atoms. The van der Waals surface area contributed by atoms with Gasteiger partial charge in [-0.3, -0.25) is 14.5 Å². The molecule has 1 aliphatic rings. The van der Waals surface area contributed by atoms with Crippen LogP contribution in [0.1, 0.15) is 26.7 Å². The van der Waals surface area contributed by atoms with Crippen LogP contribution in [-0.2, 0) is 9.59 Å². The van der Waals surface area contributed by atoms with Crippen molar-refractivity contribution >= 4 is 12.3 Å². The Kier molecular flexibility index (Phi) is 5.80. The van der Waals surface area contributed by atoms with Crippen LogP contribution in [-0.4, -0.2) is 48.3 Å². The van der Waals surface area contributed by atoms with Crippen molar-refractivity contribution in [1.82, 2.24) is 10.2 Å². The third-order valence-corrected chi connectivity index (χ3v) is 4.31. The number of ether oxygens (including phenoxy) is 2. The Labute approximate surface area is 149 Å². The zero-order chi connectivity index (χ0) is 19.5. The summed E-state index contributed by atoms with van der Waals surface area (Å²) in [5.74, 6) is -0.486. The van der Waals surface area contributed by atoms with Crippen molar-refractivity contribution in [2.45, 2.75) is 50.7 Å². The first-order valence-electron chi connectivity index (χ1n) is 8.05. The smallest absolute Gasteiger partial charge is 0.490 e. The van der Waals surface area contributed by atoms with E-state index in [1.165, 1.54) is 18.2 Å². The molecule has 0 radical (unpaired) electrons. The highest BCUT2D eigenvalue weighted by atomic mass is 19.4. The van der Waals surface area contributed by atoms with Gasteiger partial charge in [-0.2, -0.15) is 0 Å². The molecule has 0 atom stereocenters. The summed E-state index contributed by atoms with van der Waals surface area (Å²) in [7, 11) is 1.63. The minimum atomic E-state index is -4.77. The molecule has 0 saturated heterocycles. The summed E-state index contributed by atoms with van der Waals surface area (Å²) in [6.45, 7) is 3.34. The van der Waals surface area contributed by atoms with E-state index in [0.29, 0.717) is 19.3 Å². The average Bonchev–Trinajstić information content (AvgIpc) is 2.51. The van der Waals surface area contributed by atoms with Crippen molar-refractivity contribution in [3.63, 3.8) is 0 Å². The summed E-state index contributed by atoms with van der Waals surface area (Å²) in [6, 6.07) is 4.93. The number of nitrogens with zero attached hydrogens (tertiary/aromatic N) is 1. The molecule has 1 aromatic carbocycles. The van der Waals surface area contributed by atoms with Gasteiger partial charge in [0.1, 0.15) is 17.6 Å². The zero-order valence-corrected chi connectivity index (χ0v) is 14.7. The molecule has 0 aliphatic heterocycles. The van der Waals surface area contributed by atoms with Crippen LogP contribution in [0.5, 0.6) is 11.5 Å². The number of nitrogens with one attached hydrogen (secondary N) is 1. The summed E-state index contributed by atoms with van der Waals surface area (Å²) < 4.78 is 46.2. The van der Waals surface area contributed by atoms with E-state index >= 15 is 0 Å². The molecule has 144 valence electrons. The zero-order valence-electron chi connectivity index (χ0n) is 14.7. The molecule has 2 amide bonds. The van der Waals surface area contributed by atoms with Crippen LogP contribution in [0.25, 0.3) is 0 Å². The molecule has 26 heavy (non-hydrogen) atoms. The van der Waals surface area contributed by atoms with Gasteiger partial charge in [0.15, 0.2) is 0 Å². The molecule has 1 aliphatic carbocycles. The lowest BCUT2D eigenvalue weighted by molar-refractivity contribution is -0.274. The minimum absolute atomic E-state index is 0.231. The molecule has 0 unspecified atom stereocenters. The molecule has 1 aromatic rings. The number of rotatable bonds is 7. The lowest BCUT2D eigenvalue weighted by Gasteiger charge is -2.42. The lowest BCUT2D eigenvalue weighted by atomic mass is 9.86. The number of likely N-dealkylation sites (N-methyl/N-ethyl adjacent to an activating group) is 1. The highest BCUT2D eigenvalue weighted by Crippen LogP contribution is 2.32. The third kappa shape index (κ3) is 4.87. The van der Waals surface area contributed by atoms with Gasteiger partial charge in [-0.25, -0.2) is 0 Å². The van der Waals surface area contributed by atoms with E-state index in [2.05, 4.69) is 10.1 Å². The Hall–Kier alpha value is -2.29. The number of hydrogen-bond acceptors (Lipinski definition) is 5. The number of amides is 2. The summed E-state index contributed by atoms with van der Waals surface area (Å²) in [5, 5.41) is 2.85. The van der Waals surface area contributed by atoms with Crippen molar-refractivity contribution in [1.29, 1.82) is 0 Å². The van der Waals surface area contributed by atoms with Crippen molar-refractivity contribution in [3.8, 4) is 11.5 Å². The standard InChI is InChI=1S/C17H21F3N2O4/c1-16(2,21-3)15(24)22(10-23)11-7-14(8-11)25-12-5-4-6-13(9-12)26-17(18,19)20/h4-6,9-11,14,21H,7-8H2,1-3H3/t11-,14+. The number of carbonyl (C=O) groups is 2. The maximum absolute atomic E-state index is 12.4. The lowest BCUT2D eigenvalue weighted by Crippen LogP contribution is -2.59. The van der Waals surface area contributed by atoms with Crippen LogP contribution < -0.4 is 14.8 Å². The van der Waals surface area contributed by atoms with Gasteiger partial charge in [0.2, 0.25) is 12.3 Å². The number of benzene rings is 1. The molecule has 1 saturated carbocycles. The van der Waals surface area contributed by atoms with Crippen LogP contribution in [0.3, 0.4) is 0 Å². The monoisotopic (exact) mass is 374 g/mol. The van der Waals surface area contributed by atoms with Gasteiger partial charge in [-0.1, -0.05) is 6.07 Å². The highest BCUT2D eigenvalue weighted by molar-refractivity contribution is 5.93. The van der Waals surface area contributed by atoms with Gasteiger partial charge >= 0.3 is 6.36 Å². The van der Waals surface area contributed by atoms with Gasteiger partial charge in [-0.15, -0.1) is 13.2 Å². The maximum atomic E-state index is 12.4. The van der Waals surface area contributed by atoms with Crippen LogP contribution in [0, 0.1) is 0 Å². The fourth-order valence-electron chi connectivity index (χ4n) is 2.53. The number of imide groups is 1. The Morgan fingerprint density at radius 3 is 2.42 bits per heavy atom. The van der Waals surface area contributed by atoms with E-state index in [1.54, 1.807) is 20.9 Å². The fourth-order valence-corrected chi connectivity index (χ4v) is 2.53. The molecule has 1 N–H and O–H groups in total. The SMILES string of the molecule is CNC(C)(C)C(=O)N(C=O)[C@H]1C[C@@H](Oc2cccc(OC(F)(F)F)c2)C1. The fraction of sp³-hybridized carbons (Fsp3) is 0.529. The summed E-state index contributed by atoms with van der Waals surface area (Å²) in [4.78, 5) is 24.8. The summed E-state index contributed by atoms with van der Waals surface area (Å²) in [6.07, 6.45) is -3.75. The van der Waals surface area contributed by atoms with Gasteiger partial charge in [0, 0.05) is 24.9 Å². The number of halogens is 3. The first-order valence-corrected chi connectivity index (χ1v) is 8.05. The summed E-state index contributed by atoms with van der Waals surface area (Å²) in [5.41, 5.74) is -0.879. The molecule has 6 nitrogen and oxygen atoms in total. The topological polar surface area (TPSA) is 67.9 Å². The van der Waals surface area contributed by atoms with Gasteiger partial charge < -0.3 is 14.8 Å². The first-order chi connectivity index (χ1) is 12.1. The normalized spacial score (nSPS) is 20.1. The van der Waals surface area contributed by atoms with Gasteiger partial charge in [-0.05, 0) is 33.0 Å². The molecule has 0 heterocycles. The second kappa shape index (κ2) is 7.53. The Bertz CT molecular complexity index is 658. The molecule has 0 bridgehead atoms. The van der Waals surface area contributed by atoms with Crippen LogP contribution >= 0.6 is 0 Å². The Morgan fingerprint density at radius 1 is 1.27 bits per heavy atom. The molecular weight excluding hydrogens is 353 g/mol. The number of carbonyl (C=O) groups excluding carboxylic acids is 2. The van der Waals surface area contributed by atoms with E-state index in [-0.39, 0.29) is 29.6 Å². The van der Waals surface area contributed by atoms with E-state index in [4.69, 9.17) is 4.74 Å². The predicted octanol–water partition coefficient (Wildman–Crippen LogP) is 2.48. The molecule has 0 aromatic heterocycles. The quantitative estimate of drug-likeness (QED) is 0.743. The van der Waals surface area contributed by atoms with Crippen LogP contribution in [0.4, 0.5) is 13.2 Å². The van der Waals surface area contributed by atoms with Crippen LogP contribution in [0.2, 0.25) is 0 Å². The number of hydrogen-bond donors (Lipinski definition) is 1. The average molecular weight is 374 g/mol. The summed E-state index contributed by atoms with van der Waals surface area (Å²) >= 11 is 0. The van der Waals surface area contributed by atoms with E-state index in [0.717, 1.165) is 11.0 Å². The Morgan fingerprint density at radius 2 is 1.88 bits per heavy atom. The first kappa shape index (κ1) is 20.0. The van der Waals surface area contributed by atoms with Crippen molar-refractivity contribution < 1.29 is 32.2 Å². The third-order valence-electron chi connectivity index (χ3n) is 4.31. The molecule has 9 heteroatoms. The maximum Gasteiger partial charge on any atom is 0.573 e. The van der Waals surface area contributed by atoms with Gasteiger partial charge in [0.25, 0.3) is 0 Å². The van der Waals surface area contributed by atoms with E-state index in [1.807, 2.05) is 0 Å². The second-order valence-corrected chi connectivity index (χ2v) is 6.58. The van der Waals surface area contributed by atoms with E-state index < -0.39 is 11.9 Å². The van der Waals surface area contributed by atoms with Crippen molar-refractivity contribution in [2.75, 3.05) is 7.05 Å². The predicted molar refractivity (Wildman–Crippen MR) is 86.6 cm³/mol. The van der Waals surface area contributed by atoms with Crippen LogP contribution in [0.15, 0.2) is 24.3 Å². The van der Waals surface area contributed by atoms with Crippen molar-refractivity contribution in [2.24, 2.45) is 0 Å². The minimum Gasteiger partial charge on any atom is -0.490 e.